The Labute approximate surface area is 161 Å². The monoisotopic (exact) mass is 405 g/mol. The molecule has 0 aliphatic carbocycles. The summed E-state index contributed by atoms with van der Waals surface area (Å²) in [6, 6.07) is 15.1. The topological polar surface area (TPSA) is 66.4 Å². The molecule has 2 aromatic heterocycles. The number of nitrogens with one attached hydrogen (secondary N) is 1. The van der Waals surface area contributed by atoms with Crippen LogP contribution in [0.15, 0.2) is 59.3 Å². The van der Waals surface area contributed by atoms with Crippen molar-refractivity contribution in [1.82, 2.24) is 4.72 Å². The highest BCUT2D eigenvalue weighted by Crippen LogP contribution is 2.30. The fraction of sp³-hybridized carbons (Fsp3) is 0.158. The highest BCUT2D eigenvalue weighted by molar-refractivity contribution is 7.92. The van der Waals surface area contributed by atoms with Crippen LogP contribution in [-0.2, 0) is 16.6 Å². The van der Waals surface area contributed by atoms with Crippen LogP contribution in [0.2, 0.25) is 0 Å². The first-order valence-electron chi connectivity index (χ1n) is 7.97. The molecule has 0 aliphatic rings. The summed E-state index contributed by atoms with van der Waals surface area (Å²) < 4.78 is 26.8. The van der Waals surface area contributed by atoms with Gasteiger partial charge < -0.3 is 5.11 Å². The van der Waals surface area contributed by atoms with E-state index in [0.29, 0.717) is 0 Å². The van der Waals surface area contributed by atoms with E-state index in [-0.39, 0.29) is 6.54 Å². The van der Waals surface area contributed by atoms with Gasteiger partial charge in [0, 0.05) is 26.6 Å². The maximum absolute atomic E-state index is 12.1. The first-order valence-corrected chi connectivity index (χ1v) is 11.2. The van der Waals surface area contributed by atoms with Gasteiger partial charge in [0.2, 0.25) is 10.0 Å². The summed E-state index contributed by atoms with van der Waals surface area (Å²) in [5, 5.41) is 13.4. The maximum atomic E-state index is 12.1. The molecule has 0 radical (unpaired) electrons. The Morgan fingerprint density at radius 2 is 1.88 bits per heavy atom. The Hall–Kier alpha value is -1.77. The van der Waals surface area contributed by atoms with Crippen molar-refractivity contribution in [3.05, 3.63) is 85.1 Å². The summed E-state index contributed by atoms with van der Waals surface area (Å²) >= 11 is 2.90. The molecule has 1 aromatic carbocycles. The van der Waals surface area contributed by atoms with Gasteiger partial charge in [0.1, 0.15) is 6.10 Å². The predicted octanol–water partition coefficient (Wildman–Crippen LogP) is 4.29. The van der Waals surface area contributed by atoms with Crippen molar-refractivity contribution >= 4 is 38.8 Å². The van der Waals surface area contributed by atoms with Gasteiger partial charge in [-0.15, -0.1) is 22.7 Å². The van der Waals surface area contributed by atoms with Crippen LogP contribution in [-0.4, -0.2) is 13.5 Å². The van der Waals surface area contributed by atoms with Crippen LogP contribution in [0.1, 0.15) is 31.9 Å². The second-order valence-corrected chi connectivity index (χ2v) is 9.63. The molecule has 0 aliphatic heterocycles. The Bertz CT molecular complexity index is 971. The van der Waals surface area contributed by atoms with Gasteiger partial charge in [-0.2, -0.15) is 0 Å². The molecule has 0 bridgehead atoms. The van der Waals surface area contributed by atoms with Gasteiger partial charge in [-0.25, -0.2) is 13.1 Å². The van der Waals surface area contributed by atoms with E-state index in [1.165, 1.54) is 28.1 Å². The van der Waals surface area contributed by atoms with Crippen LogP contribution in [0.25, 0.3) is 6.08 Å². The quantitative estimate of drug-likeness (QED) is 0.616. The van der Waals surface area contributed by atoms with E-state index in [2.05, 4.69) is 4.72 Å². The molecule has 0 spiro atoms. The van der Waals surface area contributed by atoms with Crippen LogP contribution in [0.4, 0.5) is 0 Å². The molecule has 4 nitrogen and oxygen atoms in total. The van der Waals surface area contributed by atoms with E-state index in [9.17, 15) is 13.5 Å². The van der Waals surface area contributed by atoms with E-state index in [1.807, 2.05) is 60.8 Å². The lowest BCUT2D eigenvalue weighted by Crippen LogP contribution is -2.19. The van der Waals surface area contributed by atoms with Crippen molar-refractivity contribution in [3.8, 4) is 0 Å². The summed E-state index contributed by atoms with van der Waals surface area (Å²) in [6.07, 6.45) is 0.911. The van der Waals surface area contributed by atoms with Gasteiger partial charge in [0.25, 0.3) is 0 Å². The molecule has 3 aromatic rings. The van der Waals surface area contributed by atoms with Crippen LogP contribution < -0.4 is 4.72 Å². The number of rotatable bonds is 7. The first kappa shape index (κ1) is 19.0. The molecule has 3 rings (SSSR count). The normalized spacial score (nSPS) is 13.3. The number of aliphatic hydroxyl groups excluding tert-OH is 1. The average molecular weight is 406 g/mol. The second kappa shape index (κ2) is 8.28. The minimum absolute atomic E-state index is 0.197. The summed E-state index contributed by atoms with van der Waals surface area (Å²) in [5.74, 6) is 0. The molecule has 2 heterocycles. The van der Waals surface area contributed by atoms with Crippen molar-refractivity contribution < 1.29 is 13.5 Å². The molecule has 136 valence electrons. The highest BCUT2D eigenvalue weighted by atomic mass is 32.2. The lowest BCUT2D eigenvalue weighted by molar-refractivity contribution is 0.228. The number of aryl methyl sites for hydroxylation is 1. The molecule has 26 heavy (non-hydrogen) atoms. The predicted molar refractivity (Wildman–Crippen MR) is 109 cm³/mol. The van der Waals surface area contributed by atoms with E-state index in [4.69, 9.17) is 0 Å². The lowest BCUT2D eigenvalue weighted by atomic mass is 10.2. The fourth-order valence-electron chi connectivity index (χ4n) is 2.29. The zero-order valence-corrected chi connectivity index (χ0v) is 16.6. The maximum Gasteiger partial charge on any atom is 0.234 e. The van der Waals surface area contributed by atoms with Gasteiger partial charge in [0.05, 0.1) is 0 Å². The Morgan fingerprint density at radius 1 is 1.12 bits per heavy atom. The van der Waals surface area contributed by atoms with E-state index >= 15 is 0 Å². The van der Waals surface area contributed by atoms with Crippen LogP contribution in [0, 0.1) is 6.92 Å². The zero-order valence-electron chi connectivity index (χ0n) is 14.1. The molecule has 2 N–H and O–H groups in total. The van der Waals surface area contributed by atoms with Crippen molar-refractivity contribution in [1.29, 1.82) is 0 Å². The summed E-state index contributed by atoms with van der Waals surface area (Å²) in [7, 11) is -3.53. The summed E-state index contributed by atoms with van der Waals surface area (Å²) in [4.78, 5) is 2.53. The highest BCUT2D eigenvalue weighted by Gasteiger charge is 2.14. The molecule has 1 atom stereocenters. The van der Waals surface area contributed by atoms with Gasteiger partial charge in [-0.1, -0.05) is 35.9 Å². The van der Waals surface area contributed by atoms with Crippen LogP contribution in [0.5, 0.6) is 0 Å². The molecular formula is C19H19NO3S3. The number of sulfonamides is 1. The first-order chi connectivity index (χ1) is 12.4. The van der Waals surface area contributed by atoms with Gasteiger partial charge >= 0.3 is 0 Å². The van der Waals surface area contributed by atoms with Gasteiger partial charge in [0.15, 0.2) is 0 Å². The lowest BCUT2D eigenvalue weighted by Gasteiger charge is -2.05. The Morgan fingerprint density at radius 3 is 2.58 bits per heavy atom. The SMILES string of the molecule is Cc1ccc(C=CS(=O)(=O)NCc2ccc(C(O)c3cccs3)s2)cc1. The minimum Gasteiger partial charge on any atom is -0.382 e. The molecule has 0 saturated heterocycles. The van der Waals surface area contributed by atoms with Gasteiger partial charge in [-0.3, -0.25) is 0 Å². The molecule has 0 saturated carbocycles. The number of hydrogen-bond acceptors (Lipinski definition) is 5. The smallest absolute Gasteiger partial charge is 0.234 e. The largest absolute Gasteiger partial charge is 0.382 e. The molecule has 0 amide bonds. The Kier molecular flexibility index (Phi) is 6.05. The zero-order chi connectivity index (χ0) is 18.6. The minimum atomic E-state index is -3.53. The second-order valence-electron chi connectivity index (χ2n) is 5.80. The van der Waals surface area contributed by atoms with Crippen molar-refractivity contribution in [3.63, 3.8) is 0 Å². The van der Waals surface area contributed by atoms with E-state index in [0.717, 1.165) is 25.8 Å². The Balaban J connectivity index is 1.60. The third-order valence-electron chi connectivity index (χ3n) is 3.73. The summed E-state index contributed by atoms with van der Waals surface area (Å²) in [5.41, 5.74) is 1.96. The number of aliphatic hydroxyl groups is 1. The van der Waals surface area contributed by atoms with Crippen molar-refractivity contribution in [2.24, 2.45) is 0 Å². The van der Waals surface area contributed by atoms with Crippen molar-refractivity contribution in [2.45, 2.75) is 19.6 Å². The molecular weight excluding hydrogens is 386 g/mol. The third kappa shape index (κ3) is 5.12. The summed E-state index contributed by atoms with van der Waals surface area (Å²) in [6.45, 7) is 2.18. The number of hydrogen-bond donors (Lipinski definition) is 2. The van der Waals surface area contributed by atoms with E-state index in [1.54, 1.807) is 6.08 Å². The molecule has 1 unspecified atom stereocenters. The average Bonchev–Trinajstić information content (AvgIpc) is 3.31. The third-order valence-corrected chi connectivity index (χ3v) is 6.83. The van der Waals surface area contributed by atoms with E-state index < -0.39 is 16.1 Å². The number of benzene rings is 1. The van der Waals surface area contributed by atoms with Crippen LogP contribution >= 0.6 is 22.7 Å². The molecule has 0 fully saturated rings. The fourth-order valence-corrected chi connectivity index (χ4v) is 4.93. The van der Waals surface area contributed by atoms with Gasteiger partial charge in [-0.05, 0) is 42.1 Å². The van der Waals surface area contributed by atoms with Crippen LogP contribution in [0.3, 0.4) is 0 Å². The number of thiophene rings is 2. The standard InChI is InChI=1S/C19H19NO3S3/c1-14-4-6-15(7-5-14)10-12-26(22,23)20-13-16-8-9-18(25-16)19(21)17-3-2-11-24-17/h2-12,19-21H,13H2,1H3. The van der Waals surface area contributed by atoms with Crippen molar-refractivity contribution in [2.75, 3.05) is 0 Å². The molecule has 7 heteroatoms.